The molecule has 7 nitrogen and oxygen atoms in total. The van der Waals surface area contributed by atoms with E-state index in [4.69, 9.17) is 4.74 Å². The standard InChI is InChI=1S/C22H29N3O4/c1-24-13-12-22(11-10-20(24)27)15-25(14-19(26)23-16-6-2-3-7-16)21(28)17-8-4-5-9-18(17)29-22/h4-5,8-9,16H,2-3,6-7,10-15H2,1H3,(H,23,26). The molecule has 2 heterocycles. The van der Waals surface area contributed by atoms with Gasteiger partial charge >= 0.3 is 0 Å². The average Bonchev–Trinajstić information content (AvgIpc) is 3.13. The van der Waals surface area contributed by atoms with Crippen LogP contribution < -0.4 is 10.1 Å². The van der Waals surface area contributed by atoms with E-state index in [1.807, 2.05) is 6.07 Å². The number of benzene rings is 1. The molecule has 1 spiro atoms. The van der Waals surface area contributed by atoms with Gasteiger partial charge in [0.15, 0.2) is 0 Å². The number of carbonyl (C=O) groups excluding carboxylic acids is 3. The van der Waals surface area contributed by atoms with E-state index in [9.17, 15) is 14.4 Å². The Bertz CT molecular complexity index is 805. The summed E-state index contributed by atoms with van der Waals surface area (Å²) in [6, 6.07) is 7.40. The quantitative estimate of drug-likeness (QED) is 0.843. The van der Waals surface area contributed by atoms with Crippen LogP contribution in [0.5, 0.6) is 5.75 Å². The van der Waals surface area contributed by atoms with Crippen molar-refractivity contribution in [3.8, 4) is 5.75 Å². The normalized spacial score (nSPS) is 25.4. The topological polar surface area (TPSA) is 79.0 Å². The molecule has 1 saturated heterocycles. The third-order valence-corrected chi connectivity index (χ3v) is 6.39. The molecule has 1 aliphatic carbocycles. The molecule has 0 radical (unpaired) electrons. The number of fused-ring (bicyclic) bond motifs is 1. The number of carbonyl (C=O) groups is 3. The lowest BCUT2D eigenvalue weighted by atomic mass is 9.93. The molecule has 2 aliphatic heterocycles. The lowest BCUT2D eigenvalue weighted by molar-refractivity contribution is -0.129. The van der Waals surface area contributed by atoms with Gasteiger partial charge in [-0.15, -0.1) is 0 Å². The second kappa shape index (κ2) is 8.05. The molecular formula is C22H29N3O4. The van der Waals surface area contributed by atoms with E-state index >= 15 is 0 Å². The number of para-hydroxylation sites is 1. The van der Waals surface area contributed by atoms with Gasteiger partial charge in [-0.1, -0.05) is 25.0 Å². The van der Waals surface area contributed by atoms with Crippen molar-refractivity contribution in [2.45, 2.75) is 56.6 Å². The van der Waals surface area contributed by atoms with Crippen LogP contribution in [-0.4, -0.2) is 65.8 Å². The lowest BCUT2D eigenvalue weighted by Gasteiger charge is -2.35. The predicted molar refractivity (Wildman–Crippen MR) is 108 cm³/mol. The molecule has 0 aromatic heterocycles. The minimum absolute atomic E-state index is 0.0125. The number of nitrogens with zero attached hydrogens (tertiary/aromatic N) is 2. The number of rotatable bonds is 3. The molecule has 7 heteroatoms. The maximum Gasteiger partial charge on any atom is 0.258 e. The highest BCUT2D eigenvalue weighted by atomic mass is 16.5. The van der Waals surface area contributed by atoms with Crippen LogP contribution >= 0.6 is 0 Å². The molecule has 1 aromatic carbocycles. The zero-order valence-electron chi connectivity index (χ0n) is 17.0. The van der Waals surface area contributed by atoms with Gasteiger partial charge in [-0.05, 0) is 31.4 Å². The summed E-state index contributed by atoms with van der Waals surface area (Å²) >= 11 is 0. The third-order valence-electron chi connectivity index (χ3n) is 6.39. The maximum absolute atomic E-state index is 13.2. The van der Waals surface area contributed by atoms with Gasteiger partial charge in [-0.25, -0.2) is 0 Å². The first-order valence-electron chi connectivity index (χ1n) is 10.6. The molecule has 1 unspecified atom stereocenters. The Morgan fingerprint density at radius 1 is 1.21 bits per heavy atom. The van der Waals surface area contributed by atoms with Crippen LogP contribution in [0, 0.1) is 0 Å². The molecule has 3 amide bonds. The smallest absolute Gasteiger partial charge is 0.258 e. The summed E-state index contributed by atoms with van der Waals surface area (Å²) < 4.78 is 6.40. The number of ether oxygens (including phenoxy) is 1. The summed E-state index contributed by atoms with van der Waals surface area (Å²) in [6.45, 7) is 0.885. The first-order valence-corrected chi connectivity index (χ1v) is 10.6. The predicted octanol–water partition coefficient (Wildman–Crippen LogP) is 1.96. The number of hydrogen-bond acceptors (Lipinski definition) is 4. The molecule has 4 rings (SSSR count). The van der Waals surface area contributed by atoms with Gasteiger partial charge in [-0.3, -0.25) is 14.4 Å². The Kier molecular flexibility index (Phi) is 5.48. The van der Waals surface area contributed by atoms with Crippen LogP contribution in [0.25, 0.3) is 0 Å². The first-order chi connectivity index (χ1) is 14.0. The molecule has 1 aromatic rings. The summed E-state index contributed by atoms with van der Waals surface area (Å²) in [5.41, 5.74) is -0.196. The van der Waals surface area contributed by atoms with Crippen molar-refractivity contribution >= 4 is 17.7 Å². The summed E-state index contributed by atoms with van der Waals surface area (Å²) in [4.78, 5) is 41.4. The molecule has 156 valence electrons. The summed E-state index contributed by atoms with van der Waals surface area (Å²) in [7, 11) is 1.80. The van der Waals surface area contributed by atoms with E-state index in [2.05, 4.69) is 5.32 Å². The molecular weight excluding hydrogens is 370 g/mol. The molecule has 2 fully saturated rings. The largest absolute Gasteiger partial charge is 0.485 e. The summed E-state index contributed by atoms with van der Waals surface area (Å²) in [5, 5.41) is 3.07. The highest BCUT2D eigenvalue weighted by Crippen LogP contribution is 2.35. The Morgan fingerprint density at radius 2 is 1.97 bits per heavy atom. The number of likely N-dealkylation sites (tertiary alicyclic amines) is 1. The molecule has 0 bridgehead atoms. The Balaban J connectivity index is 1.59. The first kappa shape index (κ1) is 19.7. The highest BCUT2D eigenvalue weighted by molar-refractivity contribution is 5.99. The van der Waals surface area contributed by atoms with E-state index in [1.165, 1.54) is 0 Å². The van der Waals surface area contributed by atoms with E-state index in [1.54, 1.807) is 35.0 Å². The maximum atomic E-state index is 13.2. The lowest BCUT2D eigenvalue weighted by Crippen LogP contribution is -2.51. The van der Waals surface area contributed by atoms with Crippen molar-refractivity contribution in [3.05, 3.63) is 29.8 Å². The zero-order valence-corrected chi connectivity index (χ0v) is 17.0. The average molecular weight is 399 g/mol. The number of amides is 3. The van der Waals surface area contributed by atoms with E-state index in [0.29, 0.717) is 43.7 Å². The van der Waals surface area contributed by atoms with Gasteiger partial charge in [-0.2, -0.15) is 0 Å². The van der Waals surface area contributed by atoms with Gasteiger partial charge in [0.25, 0.3) is 5.91 Å². The van der Waals surface area contributed by atoms with Crippen LogP contribution in [0.3, 0.4) is 0 Å². The van der Waals surface area contributed by atoms with Gasteiger partial charge < -0.3 is 19.9 Å². The molecule has 1 atom stereocenters. The van der Waals surface area contributed by atoms with E-state index < -0.39 is 5.60 Å². The van der Waals surface area contributed by atoms with Crippen molar-refractivity contribution in [2.24, 2.45) is 0 Å². The fourth-order valence-electron chi connectivity index (χ4n) is 4.64. The van der Waals surface area contributed by atoms with Crippen LogP contribution in [0.15, 0.2) is 24.3 Å². The van der Waals surface area contributed by atoms with Crippen LogP contribution in [0.4, 0.5) is 0 Å². The molecule has 1 N–H and O–H groups in total. The molecule has 3 aliphatic rings. The van der Waals surface area contributed by atoms with Gasteiger partial charge in [0.05, 0.1) is 12.1 Å². The van der Waals surface area contributed by atoms with Gasteiger partial charge in [0.2, 0.25) is 11.8 Å². The Morgan fingerprint density at radius 3 is 2.76 bits per heavy atom. The van der Waals surface area contributed by atoms with Crippen molar-refractivity contribution < 1.29 is 19.1 Å². The fraction of sp³-hybridized carbons (Fsp3) is 0.591. The molecule has 1 saturated carbocycles. The van der Waals surface area contributed by atoms with Crippen molar-refractivity contribution in [1.29, 1.82) is 0 Å². The highest BCUT2D eigenvalue weighted by Gasteiger charge is 2.43. The second-order valence-corrected chi connectivity index (χ2v) is 8.56. The van der Waals surface area contributed by atoms with Crippen molar-refractivity contribution in [2.75, 3.05) is 26.7 Å². The summed E-state index contributed by atoms with van der Waals surface area (Å²) in [5.74, 6) is 0.303. The van der Waals surface area contributed by atoms with E-state index in [-0.39, 0.29) is 30.3 Å². The Labute approximate surface area is 171 Å². The van der Waals surface area contributed by atoms with Gasteiger partial charge in [0.1, 0.15) is 17.9 Å². The zero-order chi connectivity index (χ0) is 20.4. The van der Waals surface area contributed by atoms with Gasteiger partial charge in [0, 0.05) is 32.5 Å². The van der Waals surface area contributed by atoms with E-state index in [0.717, 1.165) is 25.7 Å². The SMILES string of the molecule is CN1CCC2(CCC1=O)CN(CC(=O)NC1CCCC1)C(=O)c1ccccc1O2. The minimum atomic E-state index is -0.670. The summed E-state index contributed by atoms with van der Waals surface area (Å²) in [6.07, 6.45) is 5.80. The third kappa shape index (κ3) is 4.23. The van der Waals surface area contributed by atoms with Crippen LogP contribution in [0.1, 0.15) is 55.3 Å². The minimum Gasteiger partial charge on any atom is -0.485 e. The van der Waals surface area contributed by atoms with Crippen molar-refractivity contribution in [1.82, 2.24) is 15.1 Å². The Hall–Kier alpha value is -2.57. The van der Waals surface area contributed by atoms with Crippen molar-refractivity contribution in [3.63, 3.8) is 0 Å². The van der Waals surface area contributed by atoms with Crippen LogP contribution in [0.2, 0.25) is 0 Å². The fourth-order valence-corrected chi connectivity index (χ4v) is 4.64. The molecule has 29 heavy (non-hydrogen) atoms. The monoisotopic (exact) mass is 399 g/mol. The number of nitrogens with one attached hydrogen (secondary N) is 1. The number of hydrogen-bond donors (Lipinski definition) is 1. The van der Waals surface area contributed by atoms with Crippen LogP contribution in [-0.2, 0) is 9.59 Å². The second-order valence-electron chi connectivity index (χ2n) is 8.56.